The fraction of sp³-hybridized carbons (Fsp3) is 0.733. The highest BCUT2D eigenvalue weighted by atomic mass is 16.5. The quantitative estimate of drug-likeness (QED) is 0.714. The number of aromatic nitrogens is 2. The van der Waals surface area contributed by atoms with Crippen LogP contribution in [0.15, 0.2) is 6.33 Å². The van der Waals surface area contributed by atoms with Gasteiger partial charge in [-0.15, -0.1) is 0 Å². The van der Waals surface area contributed by atoms with Crippen molar-refractivity contribution in [3.8, 4) is 5.88 Å². The van der Waals surface area contributed by atoms with E-state index in [0.29, 0.717) is 12.5 Å². The molecule has 0 spiro atoms. The van der Waals surface area contributed by atoms with Gasteiger partial charge in [0, 0.05) is 13.1 Å². The third-order valence-corrected chi connectivity index (χ3v) is 3.34. The number of nitrogens with one attached hydrogen (secondary N) is 1. The van der Waals surface area contributed by atoms with Gasteiger partial charge in [-0.3, -0.25) is 0 Å². The molecule has 0 unspecified atom stereocenters. The molecule has 1 aromatic rings. The Hall–Kier alpha value is -1.36. The van der Waals surface area contributed by atoms with Crippen LogP contribution in [0.25, 0.3) is 0 Å². The first kappa shape index (κ1) is 16.7. The van der Waals surface area contributed by atoms with E-state index in [0.717, 1.165) is 50.4 Å². The second-order valence-electron chi connectivity index (χ2n) is 4.66. The molecule has 1 rings (SSSR count). The molecular weight excluding hydrogens is 252 g/mol. The summed E-state index contributed by atoms with van der Waals surface area (Å²) >= 11 is 0. The number of nitrogens with zero attached hydrogens (tertiary/aromatic N) is 3. The fourth-order valence-electron chi connectivity index (χ4n) is 2.05. The van der Waals surface area contributed by atoms with Gasteiger partial charge in [-0.25, -0.2) is 9.97 Å². The SMILES string of the molecule is CCCNc1ncnc(OCCN(CC)CC)c1CC. The predicted molar refractivity (Wildman–Crippen MR) is 83.5 cm³/mol. The standard InChI is InChI=1S/C15H28N4O/c1-5-9-16-14-13(6-2)15(18-12-17-14)20-11-10-19(7-3)8-4/h12H,5-11H2,1-4H3,(H,16,17,18). The van der Waals surface area contributed by atoms with Crippen LogP contribution in [0.4, 0.5) is 5.82 Å². The van der Waals surface area contributed by atoms with E-state index in [9.17, 15) is 0 Å². The summed E-state index contributed by atoms with van der Waals surface area (Å²) in [5.74, 6) is 1.62. The zero-order chi connectivity index (χ0) is 14.8. The van der Waals surface area contributed by atoms with Crippen LogP contribution in [-0.2, 0) is 6.42 Å². The minimum absolute atomic E-state index is 0.666. The van der Waals surface area contributed by atoms with Crippen molar-refractivity contribution in [3.63, 3.8) is 0 Å². The fourth-order valence-corrected chi connectivity index (χ4v) is 2.05. The molecule has 0 bridgehead atoms. The van der Waals surface area contributed by atoms with Gasteiger partial charge in [0.2, 0.25) is 5.88 Å². The van der Waals surface area contributed by atoms with E-state index in [-0.39, 0.29) is 0 Å². The molecule has 5 heteroatoms. The van der Waals surface area contributed by atoms with E-state index in [1.807, 2.05) is 0 Å². The Balaban J connectivity index is 2.64. The Morgan fingerprint density at radius 2 is 1.90 bits per heavy atom. The van der Waals surface area contributed by atoms with Crippen molar-refractivity contribution in [2.24, 2.45) is 0 Å². The monoisotopic (exact) mass is 280 g/mol. The van der Waals surface area contributed by atoms with Crippen LogP contribution in [0.2, 0.25) is 0 Å². The maximum atomic E-state index is 5.85. The number of hydrogen-bond donors (Lipinski definition) is 1. The summed E-state index contributed by atoms with van der Waals surface area (Å²) in [6.07, 6.45) is 3.52. The molecule has 0 aliphatic heterocycles. The summed E-state index contributed by atoms with van der Waals surface area (Å²) in [6, 6.07) is 0. The molecule has 0 amide bonds. The van der Waals surface area contributed by atoms with E-state index in [4.69, 9.17) is 4.74 Å². The molecule has 114 valence electrons. The molecule has 1 heterocycles. The lowest BCUT2D eigenvalue weighted by molar-refractivity contribution is 0.216. The maximum absolute atomic E-state index is 5.85. The van der Waals surface area contributed by atoms with E-state index >= 15 is 0 Å². The van der Waals surface area contributed by atoms with Gasteiger partial charge in [0.25, 0.3) is 0 Å². The Morgan fingerprint density at radius 3 is 2.50 bits per heavy atom. The number of rotatable bonds is 10. The molecule has 1 N–H and O–H groups in total. The number of anilines is 1. The zero-order valence-electron chi connectivity index (χ0n) is 13.3. The van der Waals surface area contributed by atoms with Crippen molar-refractivity contribution in [1.82, 2.24) is 14.9 Å². The molecule has 0 radical (unpaired) electrons. The van der Waals surface area contributed by atoms with Crippen LogP contribution in [0, 0.1) is 0 Å². The molecule has 0 fully saturated rings. The Morgan fingerprint density at radius 1 is 1.15 bits per heavy atom. The van der Waals surface area contributed by atoms with Crippen LogP contribution in [0.3, 0.4) is 0 Å². The summed E-state index contributed by atoms with van der Waals surface area (Å²) in [5.41, 5.74) is 1.07. The first-order valence-corrected chi connectivity index (χ1v) is 7.69. The van der Waals surface area contributed by atoms with Crippen LogP contribution in [-0.4, -0.2) is 47.7 Å². The van der Waals surface area contributed by atoms with Crippen LogP contribution < -0.4 is 10.1 Å². The van der Waals surface area contributed by atoms with Crippen LogP contribution >= 0.6 is 0 Å². The van der Waals surface area contributed by atoms with Gasteiger partial charge in [0.1, 0.15) is 18.8 Å². The van der Waals surface area contributed by atoms with E-state index in [1.54, 1.807) is 6.33 Å². The predicted octanol–water partition coefficient (Wildman–Crippen LogP) is 2.58. The Kier molecular flexibility index (Phi) is 7.95. The summed E-state index contributed by atoms with van der Waals surface area (Å²) in [5, 5.41) is 3.33. The van der Waals surface area contributed by atoms with Gasteiger partial charge in [-0.05, 0) is 25.9 Å². The van der Waals surface area contributed by atoms with Crippen LogP contribution in [0.5, 0.6) is 5.88 Å². The average molecular weight is 280 g/mol. The van der Waals surface area contributed by atoms with Gasteiger partial charge < -0.3 is 15.0 Å². The summed E-state index contributed by atoms with van der Waals surface area (Å²) in [6.45, 7) is 13.2. The molecule has 0 atom stereocenters. The topological polar surface area (TPSA) is 50.3 Å². The number of likely N-dealkylation sites (N-methyl/N-ethyl adjacent to an activating group) is 1. The lowest BCUT2D eigenvalue weighted by atomic mass is 10.2. The van der Waals surface area contributed by atoms with Gasteiger partial charge in [-0.2, -0.15) is 0 Å². The van der Waals surface area contributed by atoms with Crippen molar-refractivity contribution in [1.29, 1.82) is 0 Å². The highest BCUT2D eigenvalue weighted by Crippen LogP contribution is 2.22. The molecule has 0 aliphatic carbocycles. The minimum Gasteiger partial charge on any atom is -0.476 e. The Labute approximate surface area is 122 Å². The lowest BCUT2D eigenvalue weighted by Gasteiger charge is -2.19. The van der Waals surface area contributed by atoms with E-state index < -0.39 is 0 Å². The van der Waals surface area contributed by atoms with Crippen molar-refractivity contribution in [3.05, 3.63) is 11.9 Å². The largest absolute Gasteiger partial charge is 0.476 e. The van der Waals surface area contributed by atoms with Crippen LogP contribution in [0.1, 0.15) is 39.7 Å². The summed E-state index contributed by atoms with van der Waals surface area (Å²) in [7, 11) is 0. The van der Waals surface area contributed by atoms with Gasteiger partial charge in [0.05, 0.1) is 5.56 Å². The highest BCUT2D eigenvalue weighted by Gasteiger charge is 2.11. The smallest absolute Gasteiger partial charge is 0.221 e. The third kappa shape index (κ3) is 4.96. The van der Waals surface area contributed by atoms with Crippen molar-refractivity contribution >= 4 is 5.82 Å². The second kappa shape index (κ2) is 9.53. The van der Waals surface area contributed by atoms with Crippen molar-refractivity contribution < 1.29 is 4.74 Å². The Bertz CT molecular complexity index is 380. The van der Waals surface area contributed by atoms with E-state index in [1.165, 1.54) is 0 Å². The van der Waals surface area contributed by atoms with E-state index in [2.05, 4.69) is 47.9 Å². The van der Waals surface area contributed by atoms with Crippen molar-refractivity contribution in [2.75, 3.05) is 38.1 Å². The number of ether oxygens (including phenoxy) is 1. The van der Waals surface area contributed by atoms with Gasteiger partial charge in [0.15, 0.2) is 0 Å². The highest BCUT2D eigenvalue weighted by molar-refractivity contribution is 5.48. The molecule has 20 heavy (non-hydrogen) atoms. The van der Waals surface area contributed by atoms with Gasteiger partial charge in [-0.1, -0.05) is 27.7 Å². The first-order valence-electron chi connectivity index (χ1n) is 7.69. The average Bonchev–Trinajstić information content (AvgIpc) is 2.49. The molecule has 1 aromatic heterocycles. The summed E-state index contributed by atoms with van der Waals surface area (Å²) in [4.78, 5) is 10.9. The van der Waals surface area contributed by atoms with Gasteiger partial charge >= 0.3 is 0 Å². The molecule has 0 saturated heterocycles. The molecule has 5 nitrogen and oxygen atoms in total. The maximum Gasteiger partial charge on any atom is 0.221 e. The molecule has 0 aliphatic rings. The first-order chi connectivity index (χ1) is 9.76. The lowest BCUT2D eigenvalue weighted by Crippen LogP contribution is -2.28. The second-order valence-corrected chi connectivity index (χ2v) is 4.66. The molecular formula is C15H28N4O. The molecule has 0 saturated carbocycles. The number of hydrogen-bond acceptors (Lipinski definition) is 5. The summed E-state index contributed by atoms with van der Waals surface area (Å²) < 4.78 is 5.85. The molecule has 0 aromatic carbocycles. The third-order valence-electron chi connectivity index (χ3n) is 3.34. The normalized spacial score (nSPS) is 10.8. The zero-order valence-corrected chi connectivity index (χ0v) is 13.3. The van der Waals surface area contributed by atoms with Crippen molar-refractivity contribution in [2.45, 2.75) is 40.5 Å². The minimum atomic E-state index is 0.666.